The van der Waals surface area contributed by atoms with Gasteiger partial charge in [0.1, 0.15) is 11.3 Å². The average molecular weight is 369 g/mol. The Hall–Kier alpha value is -2.46. The number of aliphatic hydroxyl groups is 2. The Morgan fingerprint density at radius 2 is 1.85 bits per heavy atom. The molecular weight excluding hydrogens is 351 g/mol. The van der Waals surface area contributed by atoms with Crippen LogP contribution in [-0.4, -0.2) is 42.8 Å². The van der Waals surface area contributed by atoms with Gasteiger partial charge in [-0.15, -0.1) is 5.10 Å². The lowest BCUT2D eigenvalue weighted by Crippen LogP contribution is -2.55. The fraction of sp³-hybridized carbons (Fsp3) is 0.438. The number of para-hydroxylation sites is 1. The van der Waals surface area contributed by atoms with E-state index in [-0.39, 0.29) is 23.6 Å². The van der Waals surface area contributed by atoms with Gasteiger partial charge in [0.25, 0.3) is 5.72 Å². The van der Waals surface area contributed by atoms with E-state index in [4.69, 9.17) is 0 Å². The number of anilines is 1. The lowest BCUT2D eigenvalue weighted by molar-refractivity contribution is -0.254. The van der Waals surface area contributed by atoms with Crippen LogP contribution in [0.2, 0.25) is 0 Å². The first-order chi connectivity index (χ1) is 12.0. The molecule has 7 nitrogen and oxygen atoms in total. The summed E-state index contributed by atoms with van der Waals surface area (Å²) in [7, 11) is 0. The van der Waals surface area contributed by atoms with Gasteiger partial charge >= 0.3 is 6.18 Å². The Morgan fingerprint density at radius 3 is 2.38 bits per heavy atom. The summed E-state index contributed by atoms with van der Waals surface area (Å²) in [5, 5.41) is 32.4. The molecule has 0 aliphatic carbocycles. The minimum Gasteiger partial charge on any atom is -0.384 e. The highest BCUT2D eigenvalue weighted by Gasteiger charge is 2.61. The highest BCUT2D eigenvalue weighted by atomic mass is 19.4. The number of halogens is 3. The number of aromatic nitrogens is 3. The first-order valence-corrected chi connectivity index (χ1v) is 7.84. The molecular formula is C16H18F3N5O2. The van der Waals surface area contributed by atoms with E-state index in [0.29, 0.717) is 5.01 Å². The summed E-state index contributed by atoms with van der Waals surface area (Å²) in [6.45, 7) is 2.95. The number of hydrazone groups is 1. The van der Waals surface area contributed by atoms with Crippen molar-refractivity contribution in [3.63, 3.8) is 0 Å². The SMILES string of the molecule is CC(C)(O)c1cn(CC2=NN(c3ccccc3)C(O)(C(F)(F)F)C2)nn1. The fourth-order valence-electron chi connectivity index (χ4n) is 2.61. The van der Waals surface area contributed by atoms with E-state index in [1.54, 1.807) is 18.2 Å². The smallest absolute Gasteiger partial charge is 0.384 e. The highest BCUT2D eigenvalue weighted by molar-refractivity contribution is 5.89. The molecule has 1 aromatic heterocycles. The van der Waals surface area contributed by atoms with E-state index in [2.05, 4.69) is 15.4 Å². The molecule has 3 rings (SSSR count). The van der Waals surface area contributed by atoms with Gasteiger partial charge in [-0.25, -0.2) is 9.69 Å². The molecule has 140 valence electrons. The molecule has 26 heavy (non-hydrogen) atoms. The normalized spacial score (nSPS) is 21.2. The summed E-state index contributed by atoms with van der Waals surface area (Å²) in [6.07, 6.45) is -4.20. The lowest BCUT2D eigenvalue weighted by Gasteiger charge is -2.34. The largest absolute Gasteiger partial charge is 0.438 e. The van der Waals surface area contributed by atoms with Gasteiger partial charge in [-0.2, -0.15) is 18.3 Å². The van der Waals surface area contributed by atoms with Crippen molar-refractivity contribution in [3.05, 3.63) is 42.2 Å². The Labute approximate surface area is 147 Å². The van der Waals surface area contributed by atoms with E-state index < -0.39 is 23.9 Å². The number of benzene rings is 1. The van der Waals surface area contributed by atoms with Crippen LogP contribution in [0.5, 0.6) is 0 Å². The number of hydrogen-bond acceptors (Lipinski definition) is 6. The number of rotatable bonds is 4. The molecule has 1 unspecified atom stereocenters. The Bertz CT molecular complexity index is 813. The molecule has 0 spiro atoms. The van der Waals surface area contributed by atoms with Crippen LogP contribution in [0.4, 0.5) is 18.9 Å². The Kier molecular flexibility index (Phi) is 4.27. The Balaban J connectivity index is 1.90. The van der Waals surface area contributed by atoms with E-state index in [0.717, 1.165) is 0 Å². The van der Waals surface area contributed by atoms with E-state index in [9.17, 15) is 23.4 Å². The number of hydrogen-bond donors (Lipinski definition) is 2. The molecule has 0 saturated heterocycles. The van der Waals surface area contributed by atoms with Gasteiger partial charge in [-0.3, -0.25) is 0 Å². The molecule has 0 amide bonds. The predicted molar refractivity (Wildman–Crippen MR) is 87.2 cm³/mol. The fourth-order valence-corrected chi connectivity index (χ4v) is 2.61. The van der Waals surface area contributed by atoms with Crippen LogP contribution in [0.15, 0.2) is 41.6 Å². The maximum absolute atomic E-state index is 13.5. The molecule has 0 fully saturated rings. The van der Waals surface area contributed by atoms with Crippen LogP contribution in [0.1, 0.15) is 26.0 Å². The zero-order valence-corrected chi connectivity index (χ0v) is 14.1. The van der Waals surface area contributed by atoms with Gasteiger partial charge in [0.05, 0.1) is 24.1 Å². The third-order valence-corrected chi connectivity index (χ3v) is 4.01. The van der Waals surface area contributed by atoms with Crippen LogP contribution in [0, 0.1) is 0 Å². The third kappa shape index (κ3) is 3.29. The molecule has 2 heterocycles. The third-order valence-electron chi connectivity index (χ3n) is 4.01. The van der Waals surface area contributed by atoms with Crippen LogP contribution in [0.25, 0.3) is 0 Å². The van der Waals surface area contributed by atoms with Crippen molar-refractivity contribution in [1.29, 1.82) is 0 Å². The summed E-state index contributed by atoms with van der Waals surface area (Å²) in [5.74, 6) is 0. The van der Waals surface area contributed by atoms with E-state index in [1.165, 1.54) is 36.9 Å². The summed E-state index contributed by atoms with van der Waals surface area (Å²) in [5.41, 5.74) is -3.87. The molecule has 10 heteroatoms. The molecule has 1 aromatic carbocycles. The van der Waals surface area contributed by atoms with Gasteiger partial charge in [0.15, 0.2) is 0 Å². The minimum atomic E-state index is -4.91. The van der Waals surface area contributed by atoms with Gasteiger partial charge in [-0.05, 0) is 26.0 Å². The molecule has 1 atom stereocenters. The van der Waals surface area contributed by atoms with Gasteiger partial charge < -0.3 is 10.2 Å². The highest BCUT2D eigenvalue weighted by Crippen LogP contribution is 2.42. The number of alkyl halides is 3. The van der Waals surface area contributed by atoms with Crippen molar-refractivity contribution in [1.82, 2.24) is 15.0 Å². The zero-order valence-electron chi connectivity index (χ0n) is 14.1. The van der Waals surface area contributed by atoms with Gasteiger partial charge in [0.2, 0.25) is 0 Å². The van der Waals surface area contributed by atoms with Crippen molar-refractivity contribution in [3.8, 4) is 0 Å². The molecule has 0 saturated carbocycles. The predicted octanol–water partition coefficient (Wildman–Crippen LogP) is 2.02. The van der Waals surface area contributed by atoms with Crippen molar-refractivity contribution >= 4 is 11.4 Å². The monoisotopic (exact) mass is 369 g/mol. The zero-order chi connectivity index (χ0) is 19.2. The quantitative estimate of drug-likeness (QED) is 0.861. The first kappa shape index (κ1) is 18.3. The molecule has 2 aromatic rings. The second-order valence-electron chi connectivity index (χ2n) is 6.67. The maximum atomic E-state index is 13.5. The summed E-state index contributed by atoms with van der Waals surface area (Å²) >= 11 is 0. The molecule has 1 aliphatic rings. The summed E-state index contributed by atoms with van der Waals surface area (Å²) in [6, 6.07) is 7.65. The molecule has 2 N–H and O–H groups in total. The molecule has 0 radical (unpaired) electrons. The van der Waals surface area contributed by atoms with E-state index in [1.807, 2.05) is 0 Å². The van der Waals surface area contributed by atoms with Gasteiger partial charge in [0, 0.05) is 6.42 Å². The van der Waals surface area contributed by atoms with Crippen molar-refractivity contribution in [2.45, 2.75) is 44.3 Å². The molecule has 1 aliphatic heterocycles. The first-order valence-electron chi connectivity index (χ1n) is 7.84. The second kappa shape index (κ2) is 6.06. The number of nitrogens with zero attached hydrogens (tertiary/aromatic N) is 5. The lowest BCUT2D eigenvalue weighted by atomic mass is 10.1. The maximum Gasteiger partial charge on any atom is 0.438 e. The average Bonchev–Trinajstić information content (AvgIpc) is 3.13. The van der Waals surface area contributed by atoms with Crippen molar-refractivity contribution in [2.75, 3.05) is 5.01 Å². The van der Waals surface area contributed by atoms with Crippen LogP contribution >= 0.6 is 0 Å². The van der Waals surface area contributed by atoms with Crippen molar-refractivity contribution < 1.29 is 23.4 Å². The van der Waals surface area contributed by atoms with Crippen LogP contribution < -0.4 is 5.01 Å². The Morgan fingerprint density at radius 1 is 1.19 bits per heavy atom. The second-order valence-corrected chi connectivity index (χ2v) is 6.67. The topological polar surface area (TPSA) is 86.8 Å². The molecule has 0 bridgehead atoms. The van der Waals surface area contributed by atoms with Crippen molar-refractivity contribution in [2.24, 2.45) is 5.10 Å². The van der Waals surface area contributed by atoms with Crippen LogP contribution in [0.3, 0.4) is 0 Å². The minimum absolute atomic E-state index is 0.0841. The van der Waals surface area contributed by atoms with E-state index >= 15 is 0 Å². The van der Waals surface area contributed by atoms with Gasteiger partial charge in [-0.1, -0.05) is 23.4 Å². The summed E-state index contributed by atoms with van der Waals surface area (Å²) < 4.78 is 41.8. The summed E-state index contributed by atoms with van der Waals surface area (Å²) in [4.78, 5) is 0. The standard InChI is InChI=1S/C16H18F3N5O2/c1-14(2,25)13-10-23(22-20-13)9-11-8-15(26,16(17,18)19)24(21-11)12-6-4-3-5-7-12/h3-7,10,25-26H,8-9H2,1-2H3. The van der Waals surface area contributed by atoms with Crippen LogP contribution in [-0.2, 0) is 12.1 Å².